The summed E-state index contributed by atoms with van der Waals surface area (Å²) < 4.78 is 0. The molecule has 2 aromatic heterocycles. The van der Waals surface area contributed by atoms with Gasteiger partial charge in [-0.3, -0.25) is 4.98 Å². The molecule has 0 unspecified atom stereocenters. The quantitative estimate of drug-likeness (QED) is 0.572. The molecule has 4 nitrogen and oxygen atoms in total. The zero-order valence-electron chi connectivity index (χ0n) is 17.5. The first-order valence-corrected chi connectivity index (χ1v) is 11.1. The van der Waals surface area contributed by atoms with Gasteiger partial charge in [0.05, 0.1) is 10.7 Å². The van der Waals surface area contributed by atoms with Gasteiger partial charge in [0.15, 0.2) is 0 Å². The summed E-state index contributed by atoms with van der Waals surface area (Å²) in [5.74, 6) is 1.58. The lowest BCUT2D eigenvalue weighted by Gasteiger charge is -2.25. The highest BCUT2D eigenvalue weighted by Crippen LogP contribution is 2.31. The number of hydrogen-bond acceptors (Lipinski definition) is 4. The minimum absolute atomic E-state index is 0.370. The molecular formula is C25H29ClN4. The Morgan fingerprint density at radius 1 is 1.03 bits per heavy atom. The van der Waals surface area contributed by atoms with E-state index < -0.39 is 0 Å². The fourth-order valence-electron chi connectivity index (χ4n) is 4.20. The van der Waals surface area contributed by atoms with E-state index in [1.807, 2.05) is 24.3 Å². The molecule has 1 saturated carbocycles. The number of rotatable bonds is 6. The Kier molecular flexibility index (Phi) is 6.66. The van der Waals surface area contributed by atoms with Gasteiger partial charge in [-0.2, -0.15) is 0 Å². The number of aromatic nitrogens is 2. The van der Waals surface area contributed by atoms with Crippen molar-refractivity contribution in [2.45, 2.75) is 44.7 Å². The lowest BCUT2D eigenvalue weighted by Crippen LogP contribution is -2.27. The van der Waals surface area contributed by atoms with E-state index in [1.54, 1.807) is 6.20 Å². The topological polar surface area (TPSA) is 55.0 Å². The number of anilines is 1. The normalized spacial score (nSPS) is 18.9. The van der Waals surface area contributed by atoms with Gasteiger partial charge in [-0.25, -0.2) is 4.98 Å². The Hall–Kier alpha value is -2.43. The second-order valence-electron chi connectivity index (χ2n) is 8.36. The predicted octanol–water partition coefficient (Wildman–Crippen LogP) is 5.49. The van der Waals surface area contributed by atoms with Crippen LogP contribution in [0.1, 0.15) is 36.9 Å². The summed E-state index contributed by atoms with van der Waals surface area (Å²) in [4.78, 5) is 11.6. The third kappa shape index (κ3) is 5.18. The van der Waals surface area contributed by atoms with Crippen molar-refractivity contribution in [3.05, 3.63) is 77.1 Å². The minimum Gasteiger partial charge on any atom is -0.355 e. The summed E-state index contributed by atoms with van der Waals surface area (Å²) in [6.07, 6.45) is 7.33. The number of nitrogens with zero attached hydrogens (tertiary/aromatic N) is 3. The molecule has 1 fully saturated rings. The molecule has 2 heterocycles. The fraction of sp³-hybridized carbons (Fsp3) is 0.360. The number of halogens is 1. The number of benzene rings is 1. The Morgan fingerprint density at radius 2 is 1.80 bits per heavy atom. The van der Waals surface area contributed by atoms with E-state index in [9.17, 15) is 0 Å². The lowest BCUT2D eigenvalue weighted by atomic mass is 9.83. The summed E-state index contributed by atoms with van der Waals surface area (Å²) in [7, 11) is 2.06. The van der Waals surface area contributed by atoms with Gasteiger partial charge in [-0.05, 0) is 61.8 Å². The molecule has 3 aromatic rings. The zero-order valence-corrected chi connectivity index (χ0v) is 18.2. The molecule has 0 radical (unpaired) electrons. The lowest BCUT2D eigenvalue weighted by molar-refractivity contribution is 0.323. The van der Waals surface area contributed by atoms with E-state index in [0.29, 0.717) is 17.0 Å². The van der Waals surface area contributed by atoms with Crippen molar-refractivity contribution in [1.82, 2.24) is 9.97 Å². The van der Waals surface area contributed by atoms with Crippen molar-refractivity contribution in [3.8, 4) is 11.3 Å². The van der Waals surface area contributed by atoms with Crippen LogP contribution in [0, 0.1) is 5.92 Å². The number of hydrogen-bond donors (Lipinski definition) is 1. The maximum absolute atomic E-state index is 6.52. The van der Waals surface area contributed by atoms with Gasteiger partial charge in [0.1, 0.15) is 5.82 Å². The van der Waals surface area contributed by atoms with E-state index in [2.05, 4.69) is 47.3 Å². The maximum Gasteiger partial charge on any atom is 0.129 e. The van der Waals surface area contributed by atoms with E-state index >= 15 is 0 Å². The molecule has 4 rings (SSSR count). The van der Waals surface area contributed by atoms with Gasteiger partial charge in [-0.1, -0.05) is 48.0 Å². The molecule has 0 aliphatic heterocycles. The molecule has 1 aliphatic carbocycles. The Bertz CT molecular complexity index is 968. The SMILES string of the molecule is CN(Cc1ccccc1)c1cccc(-c2cc(CC3CCC(N)CC3)ncc2Cl)n1. The number of pyridine rings is 2. The van der Waals surface area contributed by atoms with Gasteiger partial charge >= 0.3 is 0 Å². The first-order chi connectivity index (χ1) is 14.6. The van der Waals surface area contributed by atoms with Crippen molar-refractivity contribution in [2.75, 3.05) is 11.9 Å². The largest absolute Gasteiger partial charge is 0.355 e. The standard InChI is InChI=1S/C25H29ClN4/c1-30(17-19-6-3-2-4-7-19)25-9-5-8-24(29-25)22-15-21(28-16-23(22)26)14-18-10-12-20(27)13-11-18/h2-9,15-16,18,20H,10-14,17,27H2,1H3. The van der Waals surface area contributed by atoms with Crippen LogP contribution in [-0.4, -0.2) is 23.1 Å². The highest BCUT2D eigenvalue weighted by molar-refractivity contribution is 6.33. The molecule has 156 valence electrons. The molecule has 5 heteroatoms. The predicted molar refractivity (Wildman–Crippen MR) is 125 cm³/mol. The second kappa shape index (κ2) is 9.59. The molecule has 0 spiro atoms. The maximum atomic E-state index is 6.52. The monoisotopic (exact) mass is 420 g/mol. The van der Waals surface area contributed by atoms with Crippen LogP contribution < -0.4 is 10.6 Å². The first-order valence-electron chi connectivity index (χ1n) is 10.7. The molecular weight excluding hydrogens is 392 g/mol. The van der Waals surface area contributed by atoms with Gasteiger partial charge in [0.2, 0.25) is 0 Å². The van der Waals surface area contributed by atoms with E-state index in [4.69, 9.17) is 22.3 Å². The van der Waals surface area contributed by atoms with Crippen LogP contribution >= 0.6 is 11.6 Å². The van der Waals surface area contributed by atoms with Crippen LogP contribution in [0.15, 0.2) is 60.8 Å². The van der Waals surface area contributed by atoms with Crippen molar-refractivity contribution in [1.29, 1.82) is 0 Å². The van der Waals surface area contributed by atoms with Crippen LogP contribution in [0.2, 0.25) is 5.02 Å². The van der Waals surface area contributed by atoms with Gasteiger partial charge in [-0.15, -0.1) is 0 Å². The van der Waals surface area contributed by atoms with E-state index in [0.717, 1.165) is 48.6 Å². The molecule has 0 amide bonds. The summed E-state index contributed by atoms with van der Waals surface area (Å²) in [6.45, 7) is 0.802. The molecule has 30 heavy (non-hydrogen) atoms. The Morgan fingerprint density at radius 3 is 2.57 bits per heavy atom. The third-order valence-corrected chi connectivity index (χ3v) is 6.27. The van der Waals surface area contributed by atoms with Crippen LogP contribution in [0.25, 0.3) is 11.3 Å². The van der Waals surface area contributed by atoms with Crippen molar-refractivity contribution < 1.29 is 0 Å². The summed E-state index contributed by atoms with van der Waals surface area (Å²) in [5, 5.41) is 0.639. The van der Waals surface area contributed by atoms with Crippen LogP contribution in [-0.2, 0) is 13.0 Å². The molecule has 0 saturated heterocycles. The first kappa shape index (κ1) is 20.8. The average molecular weight is 421 g/mol. The van der Waals surface area contributed by atoms with Crippen molar-refractivity contribution in [2.24, 2.45) is 11.7 Å². The van der Waals surface area contributed by atoms with Gasteiger partial charge in [0.25, 0.3) is 0 Å². The van der Waals surface area contributed by atoms with E-state index in [1.165, 1.54) is 18.4 Å². The highest BCUT2D eigenvalue weighted by atomic mass is 35.5. The Labute approximate surface area is 184 Å². The average Bonchev–Trinajstić information content (AvgIpc) is 2.77. The number of nitrogens with two attached hydrogens (primary N) is 1. The zero-order chi connectivity index (χ0) is 20.9. The van der Waals surface area contributed by atoms with E-state index in [-0.39, 0.29) is 0 Å². The second-order valence-corrected chi connectivity index (χ2v) is 8.77. The summed E-state index contributed by atoms with van der Waals surface area (Å²) in [5.41, 5.74) is 10.2. The van der Waals surface area contributed by atoms with Crippen LogP contribution in [0.4, 0.5) is 5.82 Å². The third-order valence-electron chi connectivity index (χ3n) is 5.97. The molecule has 2 N–H and O–H groups in total. The Balaban J connectivity index is 1.52. The smallest absolute Gasteiger partial charge is 0.129 e. The molecule has 1 aliphatic rings. The van der Waals surface area contributed by atoms with Gasteiger partial charge < -0.3 is 10.6 Å². The van der Waals surface area contributed by atoms with Crippen molar-refractivity contribution in [3.63, 3.8) is 0 Å². The van der Waals surface area contributed by atoms with Crippen LogP contribution in [0.3, 0.4) is 0 Å². The summed E-state index contributed by atoms with van der Waals surface area (Å²) in [6, 6.07) is 19.0. The van der Waals surface area contributed by atoms with Crippen molar-refractivity contribution >= 4 is 17.4 Å². The molecule has 0 atom stereocenters. The minimum atomic E-state index is 0.370. The molecule has 0 bridgehead atoms. The van der Waals surface area contributed by atoms with Crippen LogP contribution in [0.5, 0.6) is 0 Å². The highest BCUT2D eigenvalue weighted by Gasteiger charge is 2.20. The fourth-order valence-corrected chi connectivity index (χ4v) is 4.40. The van der Waals surface area contributed by atoms with Gasteiger partial charge in [0, 0.05) is 37.1 Å². The molecule has 1 aromatic carbocycles. The summed E-state index contributed by atoms with van der Waals surface area (Å²) >= 11 is 6.52.